The Hall–Kier alpha value is -1.62. The predicted octanol–water partition coefficient (Wildman–Crippen LogP) is 1.48. The number of hydrogen-bond donors (Lipinski definition) is 2. The van der Waals surface area contributed by atoms with Crippen LogP contribution in [0.15, 0.2) is 24.3 Å². The minimum Gasteiger partial charge on any atom is -0.484 e. The van der Waals surface area contributed by atoms with Crippen molar-refractivity contribution in [3.63, 3.8) is 0 Å². The van der Waals surface area contributed by atoms with Crippen molar-refractivity contribution in [1.29, 1.82) is 0 Å². The number of carbonyl (C=O) groups is 1. The highest BCUT2D eigenvalue weighted by Gasteiger charge is 2.04. The van der Waals surface area contributed by atoms with E-state index in [1.54, 1.807) is 0 Å². The SMILES string of the molecule is CCC(O)CCNC(=O)COc1ccc(F)cc1. The molecule has 1 amide bonds. The van der Waals surface area contributed by atoms with Crippen LogP contribution in [0.5, 0.6) is 5.75 Å². The van der Waals surface area contributed by atoms with Gasteiger partial charge in [0.2, 0.25) is 0 Å². The summed E-state index contributed by atoms with van der Waals surface area (Å²) < 4.78 is 17.8. The molecule has 100 valence electrons. The first-order chi connectivity index (χ1) is 8.61. The molecular formula is C13H18FNO3. The summed E-state index contributed by atoms with van der Waals surface area (Å²) in [5.41, 5.74) is 0. The van der Waals surface area contributed by atoms with Crippen molar-refractivity contribution < 1.29 is 19.0 Å². The van der Waals surface area contributed by atoms with Crippen molar-refractivity contribution in [2.75, 3.05) is 13.2 Å². The summed E-state index contributed by atoms with van der Waals surface area (Å²) in [6.07, 6.45) is 0.809. The molecule has 0 aliphatic rings. The van der Waals surface area contributed by atoms with E-state index in [1.807, 2.05) is 6.92 Å². The van der Waals surface area contributed by atoms with E-state index < -0.39 is 0 Å². The van der Waals surface area contributed by atoms with Crippen LogP contribution in [0, 0.1) is 5.82 Å². The molecule has 0 fully saturated rings. The van der Waals surface area contributed by atoms with Gasteiger partial charge in [-0.05, 0) is 37.1 Å². The van der Waals surface area contributed by atoms with Crippen LogP contribution in [0.4, 0.5) is 4.39 Å². The normalized spacial score (nSPS) is 11.9. The van der Waals surface area contributed by atoms with Crippen LogP contribution in [0.2, 0.25) is 0 Å². The molecule has 1 aromatic rings. The molecule has 5 heteroatoms. The molecule has 2 N–H and O–H groups in total. The summed E-state index contributed by atoms with van der Waals surface area (Å²) in [6.45, 7) is 2.18. The Morgan fingerprint density at radius 3 is 2.72 bits per heavy atom. The zero-order chi connectivity index (χ0) is 13.4. The lowest BCUT2D eigenvalue weighted by Gasteiger charge is -2.09. The van der Waals surface area contributed by atoms with E-state index >= 15 is 0 Å². The molecule has 0 saturated heterocycles. The van der Waals surface area contributed by atoms with E-state index in [4.69, 9.17) is 4.74 Å². The van der Waals surface area contributed by atoms with Crippen LogP contribution in [0.3, 0.4) is 0 Å². The zero-order valence-electron chi connectivity index (χ0n) is 10.4. The van der Waals surface area contributed by atoms with Crippen molar-refractivity contribution in [2.45, 2.75) is 25.9 Å². The Kier molecular flexibility index (Phi) is 6.14. The summed E-state index contributed by atoms with van der Waals surface area (Å²) in [7, 11) is 0. The second kappa shape index (κ2) is 7.66. The minimum atomic E-state index is -0.386. The quantitative estimate of drug-likeness (QED) is 0.776. The maximum Gasteiger partial charge on any atom is 0.257 e. The molecule has 0 aliphatic heterocycles. The van der Waals surface area contributed by atoms with E-state index in [9.17, 15) is 14.3 Å². The number of ether oxygens (including phenoxy) is 1. The lowest BCUT2D eigenvalue weighted by molar-refractivity contribution is -0.123. The van der Waals surface area contributed by atoms with E-state index in [-0.39, 0.29) is 24.4 Å². The van der Waals surface area contributed by atoms with Gasteiger partial charge in [0, 0.05) is 6.54 Å². The molecular weight excluding hydrogens is 237 g/mol. The third kappa shape index (κ3) is 5.63. The molecule has 1 aromatic carbocycles. The Labute approximate surface area is 106 Å². The molecule has 0 aliphatic carbocycles. The molecule has 1 atom stereocenters. The van der Waals surface area contributed by atoms with E-state index in [2.05, 4.69) is 5.32 Å². The average molecular weight is 255 g/mol. The van der Waals surface area contributed by atoms with E-state index in [0.717, 1.165) is 0 Å². The van der Waals surface area contributed by atoms with Crippen LogP contribution in [-0.4, -0.2) is 30.3 Å². The largest absolute Gasteiger partial charge is 0.484 e. The lowest BCUT2D eigenvalue weighted by atomic mass is 10.2. The lowest BCUT2D eigenvalue weighted by Crippen LogP contribution is -2.31. The van der Waals surface area contributed by atoms with Gasteiger partial charge in [-0.3, -0.25) is 4.79 Å². The molecule has 0 heterocycles. The second-order valence-electron chi connectivity index (χ2n) is 3.94. The van der Waals surface area contributed by atoms with E-state index in [0.29, 0.717) is 25.1 Å². The fourth-order valence-corrected chi connectivity index (χ4v) is 1.31. The van der Waals surface area contributed by atoms with Gasteiger partial charge in [0.25, 0.3) is 5.91 Å². The number of carbonyl (C=O) groups excluding carboxylic acids is 1. The van der Waals surface area contributed by atoms with Gasteiger partial charge in [-0.15, -0.1) is 0 Å². The first-order valence-corrected chi connectivity index (χ1v) is 5.95. The van der Waals surface area contributed by atoms with E-state index in [1.165, 1.54) is 24.3 Å². The van der Waals surface area contributed by atoms with Crippen molar-refractivity contribution in [3.05, 3.63) is 30.1 Å². The van der Waals surface area contributed by atoms with Gasteiger partial charge in [-0.2, -0.15) is 0 Å². The number of hydrogen-bond acceptors (Lipinski definition) is 3. The topological polar surface area (TPSA) is 58.6 Å². The Morgan fingerprint density at radius 1 is 1.44 bits per heavy atom. The zero-order valence-corrected chi connectivity index (χ0v) is 10.4. The second-order valence-corrected chi connectivity index (χ2v) is 3.94. The molecule has 0 spiro atoms. The Balaban J connectivity index is 2.19. The highest BCUT2D eigenvalue weighted by molar-refractivity contribution is 5.77. The molecule has 0 bridgehead atoms. The summed E-state index contributed by atoms with van der Waals surface area (Å²) in [5.74, 6) is -0.164. The fourth-order valence-electron chi connectivity index (χ4n) is 1.31. The van der Waals surface area contributed by atoms with Crippen molar-refractivity contribution in [2.24, 2.45) is 0 Å². The Bertz CT molecular complexity index is 367. The highest BCUT2D eigenvalue weighted by Crippen LogP contribution is 2.10. The smallest absolute Gasteiger partial charge is 0.257 e. The summed E-state index contributed by atoms with van der Waals surface area (Å²) in [6, 6.07) is 5.46. The van der Waals surface area contributed by atoms with Gasteiger partial charge in [-0.25, -0.2) is 4.39 Å². The third-order valence-corrected chi connectivity index (χ3v) is 2.45. The summed E-state index contributed by atoms with van der Waals surface area (Å²) in [5, 5.41) is 11.9. The van der Waals surface area contributed by atoms with Gasteiger partial charge < -0.3 is 15.2 Å². The van der Waals surface area contributed by atoms with Gasteiger partial charge in [0.15, 0.2) is 6.61 Å². The maximum atomic E-state index is 12.6. The average Bonchev–Trinajstić information content (AvgIpc) is 2.38. The number of amides is 1. The molecule has 1 unspecified atom stereocenters. The number of aliphatic hydroxyl groups excluding tert-OH is 1. The number of nitrogens with one attached hydrogen (secondary N) is 1. The molecule has 0 radical (unpaired) electrons. The number of benzene rings is 1. The monoisotopic (exact) mass is 255 g/mol. The van der Waals surface area contributed by atoms with Crippen LogP contribution in [-0.2, 0) is 4.79 Å². The highest BCUT2D eigenvalue weighted by atomic mass is 19.1. The molecule has 1 rings (SSSR count). The van der Waals surface area contributed by atoms with Crippen molar-refractivity contribution in [1.82, 2.24) is 5.32 Å². The van der Waals surface area contributed by atoms with Crippen LogP contribution >= 0.6 is 0 Å². The van der Waals surface area contributed by atoms with Gasteiger partial charge in [0.1, 0.15) is 11.6 Å². The van der Waals surface area contributed by atoms with Crippen LogP contribution < -0.4 is 10.1 Å². The number of halogens is 1. The Morgan fingerprint density at radius 2 is 2.11 bits per heavy atom. The molecule has 4 nitrogen and oxygen atoms in total. The van der Waals surface area contributed by atoms with Gasteiger partial charge in [-0.1, -0.05) is 6.92 Å². The fraction of sp³-hybridized carbons (Fsp3) is 0.462. The maximum absolute atomic E-state index is 12.6. The van der Waals surface area contributed by atoms with Gasteiger partial charge in [0.05, 0.1) is 6.10 Å². The third-order valence-electron chi connectivity index (χ3n) is 2.45. The standard InChI is InChI=1S/C13H18FNO3/c1-2-11(16)7-8-15-13(17)9-18-12-5-3-10(14)4-6-12/h3-6,11,16H,2,7-9H2,1H3,(H,15,17). The summed E-state index contributed by atoms with van der Waals surface area (Å²) >= 11 is 0. The predicted molar refractivity (Wildman–Crippen MR) is 65.8 cm³/mol. The first kappa shape index (κ1) is 14.4. The van der Waals surface area contributed by atoms with Crippen molar-refractivity contribution >= 4 is 5.91 Å². The summed E-state index contributed by atoms with van der Waals surface area (Å²) in [4.78, 5) is 11.4. The molecule has 18 heavy (non-hydrogen) atoms. The van der Waals surface area contributed by atoms with Crippen LogP contribution in [0.1, 0.15) is 19.8 Å². The molecule has 0 aromatic heterocycles. The minimum absolute atomic E-state index is 0.117. The number of rotatable bonds is 7. The van der Waals surface area contributed by atoms with Crippen molar-refractivity contribution in [3.8, 4) is 5.75 Å². The van der Waals surface area contributed by atoms with Gasteiger partial charge >= 0.3 is 0 Å². The molecule has 0 saturated carbocycles. The first-order valence-electron chi connectivity index (χ1n) is 5.95. The van der Waals surface area contributed by atoms with Crippen LogP contribution in [0.25, 0.3) is 0 Å². The number of aliphatic hydroxyl groups is 1.